The van der Waals surface area contributed by atoms with Crippen LogP contribution in [-0.2, 0) is 4.79 Å². The van der Waals surface area contributed by atoms with E-state index in [4.69, 9.17) is 4.74 Å². The molecule has 0 atom stereocenters. The van der Waals surface area contributed by atoms with Crippen molar-refractivity contribution >= 4 is 23.4 Å². The zero-order valence-electron chi connectivity index (χ0n) is 17.4. The molecule has 0 saturated carbocycles. The number of nitrogens with one attached hydrogen (secondary N) is 3. The van der Waals surface area contributed by atoms with E-state index in [2.05, 4.69) is 16.0 Å². The maximum absolute atomic E-state index is 13.6. The topological polar surface area (TPSA) is 96.5 Å². The fraction of sp³-hybridized carbons (Fsp3) is 0.125. The molecule has 0 fully saturated rings. The number of ether oxygens (including phenoxy) is 1. The summed E-state index contributed by atoms with van der Waals surface area (Å²) in [5, 5.41) is 7.53. The van der Waals surface area contributed by atoms with Gasteiger partial charge in [0.05, 0.1) is 16.8 Å². The lowest BCUT2D eigenvalue weighted by Gasteiger charge is -2.12. The first kappa shape index (κ1) is 23.4. The van der Waals surface area contributed by atoms with Crippen LogP contribution in [0.4, 0.5) is 14.5 Å². The monoisotopic (exact) mass is 453 g/mol. The third-order valence-electron chi connectivity index (χ3n) is 4.45. The van der Waals surface area contributed by atoms with E-state index in [1.54, 1.807) is 24.3 Å². The van der Waals surface area contributed by atoms with Crippen LogP contribution in [0.1, 0.15) is 20.7 Å². The van der Waals surface area contributed by atoms with Gasteiger partial charge in [-0.25, -0.2) is 8.78 Å². The SMILES string of the molecule is O=C(COc1ccccc1C(=O)NCCNC(=O)c1ccccc1F)Nc1ccccc1F. The van der Waals surface area contributed by atoms with Crippen molar-refractivity contribution in [3.8, 4) is 5.75 Å². The smallest absolute Gasteiger partial charge is 0.262 e. The summed E-state index contributed by atoms with van der Waals surface area (Å²) in [5.41, 5.74) is 0.113. The molecule has 9 heteroatoms. The lowest BCUT2D eigenvalue weighted by Crippen LogP contribution is -2.35. The van der Waals surface area contributed by atoms with Crippen LogP contribution in [0.2, 0.25) is 0 Å². The minimum absolute atomic E-state index is 0.0227. The third-order valence-corrected chi connectivity index (χ3v) is 4.45. The molecule has 0 aliphatic carbocycles. The van der Waals surface area contributed by atoms with E-state index in [0.717, 1.165) is 0 Å². The minimum Gasteiger partial charge on any atom is -0.483 e. The normalized spacial score (nSPS) is 10.2. The number of carbonyl (C=O) groups is 3. The molecule has 0 spiro atoms. The summed E-state index contributed by atoms with van der Waals surface area (Å²) in [4.78, 5) is 36.6. The van der Waals surface area contributed by atoms with Crippen molar-refractivity contribution in [2.75, 3.05) is 25.0 Å². The van der Waals surface area contributed by atoms with Crippen molar-refractivity contribution < 1.29 is 27.9 Å². The van der Waals surface area contributed by atoms with Crippen LogP contribution >= 0.6 is 0 Å². The van der Waals surface area contributed by atoms with Gasteiger partial charge in [-0.1, -0.05) is 36.4 Å². The first-order chi connectivity index (χ1) is 16.0. The lowest BCUT2D eigenvalue weighted by molar-refractivity contribution is -0.118. The lowest BCUT2D eigenvalue weighted by atomic mass is 10.2. The van der Waals surface area contributed by atoms with Crippen LogP contribution in [0.15, 0.2) is 72.8 Å². The van der Waals surface area contributed by atoms with Crippen LogP contribution in [0.3, 0.4) is 0 Å². The first-order valence-electron chi connectivity index (χ1n) is 10.0. The van der Waals surface area contributed by atoms with Gasteiger partial charge in [0.2, 0.25) is 0 Å². The molecular formula is C24H21F2N3O4. The standard InChI is InChI=1S/C24H21F2N3O4/c25-18-9-3-1-7-16(18)23(31)27-13-14-28-24(32)17-8-2-6-12-21(17)33-15-22(30)29-20-11-5-4-10-19(20)26/h1-12H,13-15H2,(H,27,31)(H,28,32)(H,29,30). The Morgan fingerprint density at radius 3 is 1.91 bits per heavy atom. The Morgan fingerprint density at radius 2 is 1.24 bits per heavy atom. The Kier molecular flexibility index (Phi) is 8.07. The Morgan fingerprint density at radius 1 is 0.697 bits per heavy atom. The largest absolute Gasteiger partial charge is 0.483 e. The summed E-state index contributed by atoms with van der Waals surface area (Å²) >= 11 is 0. The van der Waals surface area contributed by atoms with Gasteiger partial charge in [-0.15, -0.1) is 0 Å². The maximum Gasteiger partial charge on any atom is 0.262 e. The molecule has 0 radical (unpaired) electrons. The molecule has 3 N–H and O–H groups in total. The van der Waals surface area contributed by atoms with Crippen molar-refractivity contribution in [1.82, 2.24) is 10.6 Å². The molecular weight excluding hydrogens is 432 g/mol. The molecule has 0 bridgehead atoms. The van der Waals surface area contributed by atoms with Crippen molar-refractivity contribution in [3.63, 3.8) is 0 Å². The molecule has 3 aromatic carbocycles. The van der Waals surface area contributed by atoms with Gasteiger partial charge in [0.15, 0.2) is 6.61 Å². The van der Waals surface area contributed by atoms with Crippen LogP contribution in [-0.4, -0.2) is 37.4 Å². The molecule has 0 aliphatic rings. The zero-order valence-corrected chi connectivity index (χ0v) is 17.4. The third kappa shape index (κ3) is 6.60. The van der Waals surface area contributed by atoms with E-state index in [1.165, 1.54) is 48.5 Å². The molecule has 170 valence electrons. The van der Waals surface area contributed by atoms with Gasteiger partial charge in [0.25, 0.3) is 17.7 Å². The van der Waals surface area contributed by atoms with Crippen molar-refractivity contribution in [3.05, 3.63) is 95.6 Å². The van der Waals surface area contributed by atoms with Crippen molar-refractivity contribution in [2.45, 2.75) is 0 Å². The predicted octanol–water partition coefficient (Wildman–Crippen LogP) is 3.14. The van der Waals surface area contributed by atoms with Gasteiger partial charge in [0, 0.05) is 13.1 Å². The van der Waals surface area contributed by atoms with Gasteiger partial charge < -0.3 is 20.7 Å². The highest BCUT2D eigenvalue weighted by Gasteiger charge is 2.14. The number of benzene rings is 3. The second-order valence-corrected chi connectivity index (χ2v) is 6.80. The summed E-state index contributed by atoms with van der Waals surface area (Å²) < 4.78 is 32.7. The van der Waals surface area contributed by atoms with Gasteiger partial charge in [-0.05, 0) is 36.4 Å². The number of hydrogen-bond donors (Lipinski definition) is 3. The first-order valence-corrected chi connectivity index (χ1v) is 10.0. The van der Waals surface area contributed by atoms with E-state index in [9.17, 15) is 23.2 Å². The number of anilines is 1. The highest BCUT2D eigenvalue weighted by Crippen LogP contribution is 2.18. The zero-order chi connectivity index (χ0) is 23.6. The van der Waals surface area contributed by atoms with Gasteiger partial charge in [0.1, 0.15) is 17.4 Å². The van der Waals surface area contributed by atoms with Crippen LogP contribution in [0.25, 0.3) is 0 Å². The number of hydrogen-bond acceptors (Lipinski definition) is 4. The van der Waals surface area contributed by atoms with E-state index < -0.39 is 36.0 Å². The number of carbonyl (C=O) groups excluding carboxylic acids is 3. The highest BCUT2D eigenvalue weighted by molar-refractivity contribution is 5.97. The summed E-state index contributed by atoms with van der Waals surface area (Å²) in [6, 6.07) is 17.6. The fourth-order valence-corrected chi connectivity index (χ4v) is 2.86. The fourth-order valence-electron chi connectivity index (χ4n) is 2.86. The van der Waals surface area contributed by atoms with Crippen LogP contribution in [0.5, 0.6) is 5.75 Å². The number of amides is 3. The Bertz CT molecular complexity index is 1150. The van der Waals surface area contributed by atoms with Gasteiger partial charge in [-0.3, -0.25) is 14.4 Å². The number of para-hydroxylation sites is 2. The Hall–Kier alpha value is -4.27. The number of halogens is 2. The quantitative estimate of drug-likeness (QED) is 0.434. The van der Waals surface area contributed by atoms with Crippen molar-refractivity contribution in [1.29, 1.82) is 0 Å². The second kappa shape index (κ2) is 11.4. The molecule has 3 rings (SSSR count). The Balaban J connectivity index is 1.49. The van der Waals surface area contributed by atoms with E-state index in [-0.39, 0.29) is 35.7 Å². The maximum atomic E-state index is 13.6. The summed E-state index contributed by atoms with van der Waals surface area (Å²) in [6.45, 7) is -0.272. The predicted molar refractivity (Wildman–Crippen MR) is 118 cm³/mol. The molecule has 0 saturated heterocycles. The molecule has 33 heavy (non-hydrogen) atoms. The molecule has 3 aromatic rings. The number of rotatable bonds is 9. The van der Waals surface area contributed by atoms with E-state index in [1.807, 2.05) is 0 Å². The average Bonchev–Trinajstić information content (AvgIpc) is 2.82. The molecule has 3 amide bonds. The van der Waals surface area contributed by atoms with Crippen LogP contribution in [0, 0.1) is 11.6 Å². The average molecular weight is 453 g/mol. The summed E-state index contributed by atoms with van der Waals surface area (Å²) in [7, 11) is 0. The molecule has 0 aromatic heterocycles. The van der Waals surface area contributed by atoms with E-state index in [0.29, 0.717) is 0 Å². The molecule has 0 aliphatic heterocycles. The molecule has 0 heterocycles. The van der Waals surface area contributed by atoms with E-state index >= 15 is 0 Å². The Labute approximate surface area is 188 Å². The van der Waals surface area contributed by atoms with Crippen molar-refractivity contribution in [2.24, 2.45) is 0 Å². The van der Waals surface area contributed by atoms with Crippen LogP contribution < -0.4 is 20.7 Å². The molecule has 7 nitrogen and oxygen atoms in total. The highest BCUT2D eigenvalue weighted by atomic mass is 19.1. The minimum atomic E-state index is -0.635. The summed E-state index contributed by atoms with van der Waals surface area (Å²) in [5.74, 6) is -2.72. The summed E-state index contributed by atoms with van der Waals surface area (Å²) in [6.07, 6.45) is 0. The van der Waals surface area contributed by atoms with Gasteiger partial charge in [-0.2, -0.15) is 0 Å². The van der Waals surface area contributed by atoms with Gasteiger partial charge >= 0.3 is 0 Å². The molecule has 0 unspecified atom stereocenters. The second-order valence-electron chi connectivity index (χ2n) is 6.80.